The second-order valence-corrected chi connectivity index (χ2v) is 8.40. The molecular weight excluding hydrogens is 442 g/mol. The monoisotopic (exact) mass is 464 g/mol. The number of aliphatic hydroxyl groups excluding tert-OH is 1. The van der Waals surface area contributed by atoms with Gasteiger partial charge in [0.2, 0.25) is 0 Å². The molecule has 1 aliphatic rings. The Bertz CT molecular complexity index is 879. The van der Waals surface area contributed by atoms with Crippen molar-refractivity contribution in [3.8, 4) is 0 Å². The molecule has 0 radical (unpaired) electrons. The molecule has 0 aliphatic carbocycles. The molecule has 1 fully saturated rings. The number of rotatable bonds is 6. The fraction of sp³-hybridized carbons (Fsp3) is 0.429. The van der Waals surface area contributed by atoms with Gasteiger partial charge in [-0.15, -0.1) is 0 Å². The number of alkyl halides is 6. The molecule has 0 spiro atoms. The summed E-state index contributed by atoms with van der Waals surface area (Å²) < 4.78 is 79.9. The molecule has 2 aromatic carbocycles. The maximum Gasteiger partial charge on any atom is 0.418 e. The van der Waals surface area contributed by atoms with Crippen molar-refractivity contribution in [2.45, 2.75) is 41.0 Å². The number of halogens is 6. The lowest BCUT2D eigenvalue weighted by Crippen LogP contribution is -2.40. The lowest BCUT2D eigenvalue weighted by Gasteiger charge is -2.32. The smallest absolute Gasteiger partial charge is 0.395 e. The summed E-state index contributed by atoms with van der Waals surface area (Å²) >= 11 is 0.659. The SMILES string of the molecule is OCCN1CCC(Nc2cccc(Sc3cccc(C(F)(F)F)c3C(F)(F)F)c2)CC1. The Labute approximate surface area is 180 Å². The Kier molecular flexibility index (Phi) is 7.43. The zero-order valence-corrected chi connectivity index (χ0v) is 17.2. The number of hydrogen-bond acceptors (Lipinski definition) is 4. The summed E-state index contributed by atoms with van der Waals surface area (Å²) in [6.45, 7) is 2.38. The van der Waals surface area contributed by atoms with E-state index in [-0.39, 0.29) is 12.6 Å². The summed E-state index contributed by atoms with van der Waals surface area (Å²) in [6.07, 6.45) is -8.53. The van der Waals surface area contributed by atoms with Gasteiger partial charge in [-0.25, -0.2) is 0 Å². The largest absolute Gasteiger partial charge is 0.418 e. The maximum atomic E-state index is 13.5. The van der Waals surface area contributed by atoms with E-state index in [1.54, 1.807) is 24.3 Å². The molecule has 170 valence electrons. The Morgan fingerprint density at radius 3 is 2.26 bits per heavy atom. The molecule has 0 saturated carbocycles. The van der Waals surface area contributed by atoms with Gasteiger partial charge in [0.25, 0.3) is 0 Å². The van der Waals surface area contributed by atoms with Gasteiger partial charge in [-0.3, -0.25) is 0 Å². The van der Waals surface area contributed by atoms with Crippen LogP contribution < -0.4 is 5.32 Å². The number of nitrogens with one attached hydrogen (secondary N) is 1. The molecule has 0 aromatic heterocycles. The summed E-state index contributed by atoms with van der Waals surface area (Å²) in [5, 5.41) is 12.4. The summed E-state index contributed by atoms with van der Waals surface area (Å²) in [7, 11) is 0. The van der Waals surface area contributed by atoms with Crippen molar-refractivity contribution in [2.24, 2.45) is 0 Å². The molecule has 0 bridgehead atoms. The second kappa shape index (κ2) is 9.70. The van der Waals surface area contributed by atoms with Crippen LogP contribution in [-0.2, 0) is 12.4 Å². The van der Waals surface area contributed by atoms with Crippen molar-refractivity contribution in [3.05, 3.63) is 53.6 Å². The highest BCUT2D eigenvalue weighted by molar-refractivity contribution is 7.99. The number of aliphatic hydroxyl groups is 1. The van der Waals surface area contributed by atoms with Crippen molar-refractivity contribution in [3.63, 3.8) is 0 Å². The molecule has 3 nitrogen and oxygen atoms in total. The predicted octanol–water partition coefficient (Wildman–Crippen LogP) is 5.74. The van der Waals surface area contributed by atoms with E-state index in [4.69, 9.17) is 5.11 Å². The second-order valence-electron chi connectivity index (χ2n) is 7.29. The normalized spacial score (nSPS) is 16.5. The van der Waals surface area contributed by atoms with Crippen LogP contribution in [0.4, 0.5) is 32.0 Å². The Morgan fingerprint density at radius 1 is 0.968 bits per heavy atom. The number of likely N-dealkylation sites (tertiary alicyclic amines) is 1. The van der Waals surface area contributed by atoms with Crippen LogP contribution >= 0.6 is 11.8 Å². The van der Waals surface area contributed by atoms with Crippen LogP contribution in [0.5, 0.6) is 0 Å². The third-order valence-electron chi connectivity index (χ3n) is 5.05. The van der Waals surface area contributed by atoms with Gasteiger partial charge in [0.15, 0.2) is 0 Å². The van der Waals surface area contributed by atoms with Crippen molar-refractivity contribution in [2.75, 3.05) is 31.6 Å². The van der Waals surface area contributed by atoms with Gasteiger partial charge in [0.05, 0.1) is 17.7 Å². The number of benzene rings is 2. The van der Waals surface area contributed by atoms with Gasteiger partial charge in [0.1, 0.15) is 0 Å². The van der Waals surface area contributed by atoms with Gasteiger partial charge in [-0.1, -0.05) is 23.9 Å². The standard InChI is InChI=1S/C21H22F6N2OS/c22-20(23,24)17-5-2-6-18(19(17)21(25,26)27)31-16-4-1-3-15(13-16)28-14-7-9-29(10-8-14)11-12-30/h1-6,13-14,28,30H,7-12H2. The van der Waals surface area contributed by atoms with Crippen LogP contribution in [0.25, 0.3) is 0 Å². The lowest BCUT2D eigenvalue weighted by molar-refractivity contribution is -0.163. The van der Waals surface area contributed by atoms with Gasteiger partial charge in [0, 0.05) is 41.2 Å². The van der Waals surface area contributed by atoms with E-state index >= 15 is 0 Å². The Morgan fingerprint density at radius 2 is 1.65 bits per heavy atom. The van der Waals surface area contributed by atoms with Crippen LogP contribution in [0.1, 0.15) is 24.0 Å². The topological polar surface area (TPSA) is 35.5 Å². The van der Waals surface area contributed by atoms with Crippen molar-refractivity contribution in [1.29, 1.82) is 0 Å². The number of β-amino-alcohol motifs (C(OH)–C–C–N with tert-alkyl or cyclic N) is 1. The summed E-state index contributed by atoms with van der Waals surface area (Å²) in [4.78, 5) is 2.07. The molecule has 1 heterocycles. The third-order valence-corrected chi connectivity index (χ3v) is 6.10. The average Bonchev–Trinajstić information content (AvgIpc) is 2.68. The molecule has 1 saturated heterocycles. The van der Waals surface area contributed by atoms with E-state index in [1.165, 1.54) is 0 Å². The van der Waals surface area contributed by atoms with Gasteiger partial charge < -0.3 is 15.3 Å². The van der Waals surface area contributed by atoms with E-state index in [9.17, 15) is 26.3 Å². The van der Waals surface area contributed by atoms with Gasteiger partial charge >= 0.3 is 12.4 Å². The summed E-state index contributed by atoms with van der Waals surface area (Å²) in [6, 6.07) is 9.32. The minimum absolute atomic E-state index is 0.104. The van der Waals surface area contributed by atoms with E-state index in [1.807, 2.05) is 0 Å². The molecule has 3 rings (SSSR count). The average molecular weight is 464 g/mol. The molecule has 0 amide bonds. The van der Waals surface area contributed by atoms with Crippen molar-refractivity contribution < 1.29 is 31.4 Å². The fourth-order valence-electron chi connectivity index (χ4n) is 3.60. The van der Waals surface area contributed by atoms with E-state index < -0.39 is 28.4 Å². The molecule has 0 unspecified atom stereocenters. The minimum Gasteiger partial charge on any atom is -0.395 e. The van der Waals surface area contributed by atoms with Crippen LogP contribution in [0.3, 0.4) is 0 Å². The first-order chi connectivity index (χ1) is 14.6. The zero-order chi connectivity index (χ0) is 22.6. The number of hydrogen-bond donors (Lipinski definition) is 2. The molecule has 2 N–H and O–H groups in total. The molecule has 0 atom stereocenters. The third kappa shape index (κ3) is 6.30. The van der Waals surface area contributed by atoms with Crippen molar-refractivity contribution >= 4 is 17.4 Å². The van der Waals surface area contributed by atoms with E-state index in [2.05, 4.69) is 10.2 Å². The molecule has 31 heavy (non-hydrogen) atoms. The molecule has 2 aromatic rings. The Balaban J connectivity index is 1.77. The maximum absolute atomic E-state index is 13.5. The zero-order valence-electron chi connectivity index (χ0n) is 16.4. The highest BCUT2D eigenvalue weighted by atomic mass is 32.2. The predicted molar refractivity (Wildman–Crippen MR) is 107 cm³/mol. The summed E-state index contributed by atoms with van der Waals surface area (Å²) in [5.41, 5.74) is -2.65. The minimum atomic E-state index is -5.13. The van der Waals surface area contributed by atoms with E-state index in [0.29, 0.717) is 35.0 Å². The lowest BCUT2D eigenvalue weighted by atomic mass is 10.0. The summed E-state index contributed by atoms with van der Waals surface area (Å²) in [5.74, 6) is 0. The number of nitrogens with zero attached hydrogens (tertiary/aromatic N) is 1. The number of piperidine rings is 1. The van der Waals surface area contributed by atoms with Crippen LogP contribution in [-0.4, -0.2) is 42.3 Å². The van der Waals surface area contributed by atoms with Crippen LogP contribution in [0, 0.1) is 0 Å². The highest BCUT2D eigenvalue weighted by Gasteiger charge is 2.44. The molecule has 1 aliphatic heterocycles. The quantitative estimate of drug-likeness (QED) is 0.534. The van der Waals surface area contributed by atoms with E-state index in [0.717, 1.165) is 38.1 Å². The first kappa shape index (κ1) is 23.7. The fourth-order valence-corrected chi connectivity index (χ4v) is 4.66. The number of anilines is 1. The molecule has 10 heteroatoms. The highest BCUT2D eigenvalue weighted by Crippen LogP contribution is 2.46. The van der Waals surface area contributed by atoms with Gasteiger partial charge in [-0.2, -0.15) is 26.3 Å². The Hall–Kier alpha value is -1.91. The molecular formula is C21H22F6N2OS. The van der Waals surface area contributed by atoms with Crippen molar-refractivity contribution in [1.82, 2.24) is 4.90 Å². The van der Waals surface area contributed by atoms with Crippen LogP contribution in [0.2, 0.25) is 0 Å². The van der Waals surface area contributed by atoms with Crippen LogP contribution in [0.15, 0.2) is 52.3 Å². The van der Waals surface area contributed by atoms with Gasteiger partial charge in [-0.05, 0) is 43.2 Å². The first-order valence-electron chi connectivity index (χ1n) is 9.73. The first-order valence-corrected chi connectivity index (χ1v) is 10.5.